The summed E-state index contributed by atoms with van der Waals surface area (Å²) in [5.74, 6) is 2.98. The van der Waals surface area contributed by atoms with E-state index >= 15 is 0 Å². The SMILES string of the molecule is C=C[C@@](C)(O)CC[C@H]1C(=C)C[C@H](O)[C@H]2C(C)(C)CCC[C@]12C.C=C[C@](C)(O)CC[C@@H]1[C@@]2(C)CCCC(C)(C)[C@@H]2CC[C@@]1(C)O.C=C[C@](C)(O)CC[C@H]1C(=C)CC[C@H]2C(C)(C)CCC[C@]12C. The zero-order valence-corrected chi connectivity index (χ0v) is 44.7. The lowest BCUT2D eigenvalue weighted by atomic mass is 9.45. The van der Waals surface area contributed by atoms with Crippen LogP contribution in [-0.4, -0.2) is 54.0 Å². The maximum atomic E-state index is 11.1. The van der Waals surface area contributed by atoms with E-state index < -0.39 is 22.4 Å². The van der Waals surface area contributed by atoms with Gasteiger partial charge in [-0.2, -0.15) is 0 Å². The third-order valence-corrected chi connectivity index (χ3v) is 20.5. The van der Waals surface area contributed by atoms with E-state index in [1.165, 1.54) is 75.4 Å². The molecule has 0 aromatic carbocycles. The normalized spacial score (nSPS) is 41.0. The first-order chi connectivity index (χ1) is 29.6. The van der Waals surface area contributed by atoms with Crippen LogP contribution in [0.15, 0.2) is 62.3 Å². The van der Waals surface area contributed by atoms with Gasteiger partial charge in [-0.1, -0.05) is 124 Å². The van der Waals surface area contributed by atoms with Gasteiger partial charge < -0.3 is 25.5 Å². The molecule has 6 aliphatic rings. The number of rotatable bonds is 12. The van der Waals surface area contributed by atoms with Crippen LogP contribution in [0, 0.1) is 68.0 Å². The van der Waals surface area contributed by atoms with Crippen LogP contribution in [0.3, 0.4) is 0 Å². The Balaban J connectivity index is 0.000000213. The quantitative estimate of drug-likeness (QED) is 0.126. The largest absolute Gasteiger partial charge is 0.392 e. The van der Waals surface area contributed by atoms with Crippen molar-refractivity contribution >= 4 is 0 Å². The van der Waals surface area contributed by atoms with Crippen molar-refractivity contribution in [3.8, 4) is 0 Å². The summed E-state index contributed by atoms with van der Waals surface area (Å²) in [5.41, 5.74) is 1.22. The summed E-state index contributed by atoms with van der Waals surface area (Å²) in [6.07, 6.45) is 26.2. The molecule has 0 unspecified atom stereocenters. The van der Waals surface area contributed by atoms with Gasteiger partial charge in [0.25, 0.3) is 0 Å². The summed E-state index contributed by atoms with van der Waals surface area (Å²) >= 11 is 0. The highest BCUT2D eigenvalue weighted by Gasteiger charge is 2.59. The van der Waals surface area contributed by atoms with E-state index in [4.69, 9.17) is 0 Å². The monoisotopic (exact) mass is 905 g/mol. The molecule has 0 radical (unpaired) electrons. The van der Waals surface area contributed by atoms with Gasteiger partial charge in [-0.25, -0.2) is 0 Å². The predicted octanol–water partition coefficient (Wildman–Crippen LogP) is 14.7. The third kappa shape index (κ3) is 12.3. The summed E-state index contributed by atoms with van der Waals surface area (Å²) in [4.78, 5) is 0. The molecule has 6 rings (SSSR count). The van der Waals surface area contributed by atoms with Gasteiger partial charge >= 0.3 is 0 Å². The first-order valence-electron chi connectivity index (χ1n) is 26.4. The third-order valence-electron chi connectivity index (χ3n) is 20.5. The summed E-state index contributed by atoms with van der Waals surface area (Å²) in [6, 6.07) is 0. The van der Waals surface area contributed by atoms with Crippen LogP contribution in [0.5, 0.6) is 0 Å². The van der Waals surface area contributed by atoms with Crippen molar-refractivity contribution < 1.29 is 25.5 Å². The second kappa shape index (κ2) is 20.1. The molecule has 0 aromatic rings. The Kier molecular flexibility index (Phi) is 17.3. The zero-order chi connectivity index (χ0) is 49.5. The lowest BCUT2D eigenvalue weighted by Crippen LogP contribution is -2.57. The summed E-state index contributed by atoms with van der Waals surface area (Å²) < 4.78 is 0. The Labute approximate surface area is 401 Å². The minimum absolute atomic E-state index is 0.0910. The molecular weight excluding hydrogens is 801 g/mol. The standard InChI is InChI=1S/C20H36O2.C20H34O2.C20H34O/c1-7-18(4,21)13-9-16-19(5)12-8-11-17(2,3)15(19)10-14-20(16,6)22;1-7-19(5,22)12-9-15-14(2)13-16(21)17-18(3,4)10-8-11-20(15,17)6;1-7-19(5,21)14-11-16-15(2)9-10-17-18(3,4)12-8-13-20(16,17)6/h7,15-16,21-22H,1,8-14H2,2-6H3;7,15-17,21-22H,1-2,8-13H2,3-6H3;7,16-17,21H,1-2,8-14H2,3-6H3/t15-,16+,18-,19-,20+;15-,16-,17-,19+,20+;16-,17-,19-,20+/m000/s1. The molecule has 0 aromatic heterocycles. The van der Waals surface area contributed by atoms with Crippen molar-refractivity contribution in [3.63, 3.8) is 0 Å². The van der Waals surface area contributed by atoms with Crippen molar-refractivity contribution in [2.45, 2.75) is 247 Å². The molecule has 6 saturated carbocycles. The fourth-order valence-corrected chi connectivity index (χ4v) is 16.7. The van der Waals surface area contributed by atoms with Gasteiger partial charge in [0.15, 0.2) is 0 Å². The van der Waals surface area contributed by atoms with Gasteiger partial charge in [-0.3, -0.25) is 0 Å². The molecular formula is C60H104O5. The molecule has 5 heteroatoms. The van der Waals surface area contributed by atoms with E-state index in [0.29, 0.717) is 59.2 Å². The van der Waals surface area contributed by atoms with E-state index in [0.717, 1.165) is 50.9 Å². The highest BCUT2D eigenvalue weighted by Crippen LogP contribution is 2.65. The Hall–Kier alpha value is -1.50. The second-order valence-corrected chi connectivity index (χ2v) is 27.1. The van der Waals surface area contributed by atoms with E-state index in [9.17, 15) is 25.5 Å². The van der Waals surface area contributed by atoms with Gasteiger partial charge in [0.05, 0.1) is 28.5 Å². The molecule has 6 aliphatic carbocycles. The maximum absolute atomic E-state index is 11.1. The molecule has 0 saturated heterocycles. The van der Waals surface area contributed by atoms with Gasteiger partial charge in [-0.15, -0.1) is 19.7 Å². The minimum atomic E-state index is -0.830. The Bertz CT molecular complexity index is 1670. The van der Waals surface area contributed by atoms with Crippen molar-refractivity contribution in [1.29, 1.82) is 0 Å². The highest BCUT2D eigenvalue weighted by atomic mass is 16.3. The van der Waals surface area contributed by atoms with Crippen LogP contribution in [0.4, 0.5) is 0 Å². The molecule has 0 amide bonds. The minimum Gasteiger partial charge on any atom is -0.392 e. The molecule has 6 fully saturated rings. The van der Waals surface area contributed by atoms with Gasteiger partial charge in [0.2, 0.25) is 0 Å². The van der Waals surface area contributed by atoms with Gasteiger partial charge in [0.1, 0.15) is 0 Å². The predicted molar refractivity (Wildman–Crippen MR) is 276 cm³/mol. The van der Waals surface area contributed by atoms with E-state index in [1.54, 1.807) is 18.2 Å². The van der Waals surface area contributed by atoms with Crippen molar-refractivity contribution in [3.05, 3.63) is 62.3 Å². The maximum Gasteiger partial charge on any atom is 0.0797 e. The van der Waals surface area contributed by atoms with Crippen LogP contribution >= 0.6 is 0 Å². The average Bonchev–Trinajstić information content (AvgIpc) is 3.16. The summed E-state index contributed by atoms with van der Waals surface area (Å²) in [5, 5.41) is 52.7. The van der Waals surface area contributed by atoms with E-state index in [-0.39, 0.29) is 28.3 Å². The molecule has 65 heavy (non-hydrogen) atoms. The van der Waals surface area contributed by atoms with Crippen molar-refractivity contribution in [1.82, 2.24) is 0 Å². The van der Waals surface area contributed by atoms with Crippen LogP contribution in [0.25, 0.3) is 0 Å². The molecule has 14 atom stereocenters. The molecule has 0 heterocycles. The summed E-state index contributed by atoms with van der Waals surface area (Å²) in [6.45, 7) is 49.1. The van der Waals surface area contributed by atoms with Gasteiger partial charge in [0, 0.05) is 0 Å². The van der Waals surface area contributed by atoms with Crippen molar-refractivity contribution in [2.75, 3.05) is 0 Å². The van der Waals surface area contributed by atoms with Crippen LogP contribution < -0.4 is 0 Å². The van der Waals surface area contributed by atoms with E-state index in [2.05, 4.69) is 95.2 Å². The number of hydrogen-bond acceptors (Lipinski definition) is 5. The number of fused-ring (bicyclic) bond motifs is 3. The number of aliphatic hydroxyl groups is 5. The Morgan fingerprint density at radius 3 is 1.42 bits per heavy atom. The molecule has 0 aliphatic heterocycles. The molecule has 0 spiro atoms. The topological polar surface area (TPSA) is 101 Å². The Morgan fingerprint density at radius 2 is 0.938 bits per heavy atom. The highest BCUT2D eigenvalue weighted by molar-refractivity contribution is 5.20. The van der Waals surface area contributed by atoms with E-state index in [1.807, 2.05) is 27.7 Å². The fourth-order valence-electron chi connectivity index (χ4n) is 16.7. The van der Waals surface area contributed by atoms with Crippen LogP contribution in [-0.2, 0) is 0 Å². The molecule has 374 valence electrons. The second-order valence-electron chi connectivity index (χ2n) is 27.1. The number of allylic oxidation sites excluding steroid dienone is 1. The van der Waals surface area contributed by atoms with Crippen LogP contribution in [0.1, 0.15) is 218 Å². The average molecular weight is 905 g/mol. The lowest BCUT2D eigenvalue weighted by Gasteiger charge is -2.61. The molecule has 5 N–H and O–H groups in total. The zero-order valence-electron chi connectivity index (χ0n) is 44.7. The lowest BCUT2D eigenvalue weighted by molar-refractivity contribution is -0.171. The number of aliphatic hydroxyl groups excluding tert-OH is 1. The fraction of sp³-hybridized carbons (Fsp3) is 0.833. The van der Waals surface area contributed by atoms with Crippen LogP contribution in [0.2, 0.25) is 0 Å². The first-order valence-corrected chi connectivity index (χ1v) is 26.4. The number of hydrogen-bond donors (Lipinski definition) is 5. The molecule has 0 bridgehead atoms. The Morgan fingerprint density at radius 1 is 0.538 bits per heavy atom. The van der Waals surface area contributed by atoms with Crippen molar-refractivity contribution in [2.24, 2.45) is 68.0 Å². The smallest absolute Gasteiger partial charge is 0.0797 e. The first kappa shape index (κ1) is 56.1. The molecule has 5 nitrogen and oxygen atoms in total. The summed E-state index contributed by atoms with van der Waals surface area (Å²) in [7, 11) is 0. The van der Waals surface area contributed by atoms with Gasteiger partial charge in [-0.05, 0) is 205 Å².